The number of carbonyl (C=O) groups is 1. The highest BCUT2D eigenvalue weighted by atomic mass is 32.2. The van der Waals surface area contributed by atoms with Gasteiger partial charge < -0.3 is 9.67 Å². The number of nitrogens with zero attached hydrogens (tertiary/aromatic N) is 2. The molecule has 2 rings (SSSR count). The zero-order chi connectivity index (χ0) is 15.1. The Morgan fingerprint density at radius 1 is 1.45 bits per heavy atom. The van der Waals surface area contributed by atoms with Crippen molar-refractivity contribution in [3.05, 3.63) is 18.0 Å². The number of hydrogen-bond acceptors (Lipinski definition) is 3. The molecular formula is C13H20N2O4S. The molecule has 0 bridgehead atoms. The highest BCUT2D eigenvalue weighted by molar-refractivity contribution is 7.89. The van der Waals surface area contributed by atoms with E-state index in [0.717, 1.165) is 6.42 Å². The maximum absolute atomic E-state index is 12.5. The van der Waals surface area contributed by atoms with E-state index in [4.69, 9.17) is 5.11 Å². The van der Waals surface area contributed by atoms with Gasteiger partial charge in [-0.05, 0) is 24.3 Å². The average molecular weight is 300 g/mol. The Morgan fingerprint density at radius 2 is 2.10 bits per heavy atom. The van der Waals surface area contributed by atoms with Gasteiger partial charge in [-0.2, -0.15) is 4.31 Å². The number of rotatable bonds is 4. The molecule has 0 saturated carbocycles. The Balaban J connectivity index is 2.28. The minimum atomic E-state index is -3.59. The van der Waals surface area contributed by atoms with Crippen molar-refractivity contribution < 1.29 is 18.3 Å². The van der Waals surface area contributed by atoms with Crippen LogP contribution >= 0.6 is 0 Å². The fraction of sp³-hybridized carbons (Fsp3) is 0.615. The topological polar surface area (TPSA) is 79.6 Å². The molecule has 0 aromatic carbocycles. The molecule has 112 valence electrons. The molecule has 1 aromatic rings. The summed E-state index contributed by atoms with van der Waals surface area (Å²) in [5, 5.41) is 9.00. The zero-order valence-corrected chi connectivity index (χ0v) is 12.7. The molecule has 1 aliphatic heterocycles. The molecule has 2 heterocycles. The van der Waals surface area contributed by atoms with Crippen LogP contribution in [0.5, 0.6) is 0 Å². The normalized spacial score (nSPS) is 20.7. The molecule has 1 aromatic heterocycles. The van der Waals surface area contributed by atoms with Gasteiger partial charge in [0.25, 0.3) is 0 Å². The summed E-state index contributed by atoms with van der Waals surface area (Å²) in [6, 6.07) is 1.22. The van der Waals surface area contributed by atoms with Crippen LogP contribution in [0.25, 0.3) is 0 Å². The van der Waals surface area contributed by atoms with Crippen molar-refractivity contribution in [2.75, 3.05) is 13.1 Å². The van der Waals surface area contributed by atoms with Crippen LogP contribution in [-0.2, 0) is 17.1 Å². The van der Waals surface area contributed by atoms with Crippen molar-refractivity contribution in [1.82, 2.24) is 8.87 Å². The van der Waals surface area contributed by atoms with Gasteiger partial charge >= 0.3 is 5.97 Å². The van der Waals surface area contributed by atoms with Crippen molar-refractivity contribution in [2.24, 2.45) is 18.9 Å². The lowest BCUT2D eigenvalue weighted by Crippen LogP contribution is -2.29. The van der Waals surface area contributed by atoms with Crippen LogP contribution in [0.3, 0.4) is 0 Å². The molecule has 1 N–H and O–H groups in total. The van der Waals surface area contributed by atoms with Gasteiger partial charge in [0.05, 0.1) is 0 Å². The van der Waals surface area contributed by atoms with Crippen LogP contribution in [0.4, 0.5) is 0 Å². The monoisotopic (exact) mass is 300 g/mol. The van der Waals surface area contributed by atoms with Gasteiger partial charge in [0.15, 0.2) is 0 Å². The van der Waals surface area contributed by atoms with Gasteiger partial charge in [0.1, 0.15) is 10.6 Å². The smallest absolute Gasteiger partial charge is 0.352 e. The Kier molecular flexibility index (Phi) is 3.93. The fourth-order valence-electron chi connectivity index (χ4n) is 2.55. The summed E-state index contributed by atoms with van der Waals surface area (Å²) in [5.74, 6) is -0.316. The second-order valence-electron chi connectivity index (χ2n) is 5.63. The Bertz CT molecular complexity index is 618. The van der Waals surface area contributed by atoms with Crippen LogP contribution in [0.1, 0.15) is 30.8 Å². The largest absolute Gasteiger partial charge is 0.477 e. The molecule has 1 fully saturated rings. The van der Waals surface area contributed by atoms with Gasteiger partial charge in [0.2, 0.25) is 10.0 Å². The lowest BCUT2D eigenvalue weighted by molar-refractivity contribution is 0.0686. The van der Waals surface area contributed by atoms with E-state index in [-0.39, 0.29) is 10.6 Å². The zero-order valence-electron chi connectivity index (χ0n) is 11.9. The summed E-state index contributed by atoms with van der Waals surface area (Å²) in [6.45, 7) is 5.19. The van der Waals surface area contributed by atoms with Crippen LogP contribution in [0, 0.1) is 11.8 Å². The van der Waals surface area contributed by atoms with Gasteiger partial charge in [-0.1, -0.05) is 13.8 Å². The van der Waals surface area contributed by atoms with Crippen LogP contribution < -0.4 is 0 Å². The first-order valence-corrected chi connectivity index (χ1v) is 8.07. The fourth-order valence-corrected chi connectivity index (χ4v) is 4.14. The number of sulfonamides is 1. The standard InChI is InChI=1S/C13H20N2O4S/c1-9(2)10-4-5-15(7-10)20(18,19)11-6-12(13(16)17)14(3)8-11/h6,8-10H,4-5,7H2,1-3H3,(H,16,17). The van der Waals surface area contributed by atoms with E-state index in [9.17, 15) is 13.2 Å². The maximum Gasteiger partial charge on any atom is 0.352 e. The molecule has 0 spiro atoms. The van der Waals surface area contributed by atoms with Crippen LogP contribution in [0.2, 0.25) is 0 Å². The van der Waals surface area contributed by atoms with E-state index < -0.39 is 16.0 Å². The molecule has 20 heavy (non-hydrogen) atoms. The van der Waals surface area contributed by atoms with Crippen LogP contribution in [0.15, 0.2) is 17.2 Å². The third-order valence-corrected chi connectivity index (χ3v) is 5.80. The molecule has 1 saturated heterocycles. The van der Waals surface area contributed by atoms with E-state index >= 15 is 0 Å². The molecule has 0 aliphatic carbocycles. The summed E-state index contributed by atoms with van der Waals surface area (Å²) >= 11 is 0. The third kappa shape index (κ3) is 2.60. The van der Waals surface area contributed by atoms with Crippen molar-refractivity contribution in [3.63, 3.8) is 0 Å². The van der Waals surface area contributed by atoms with Crippen molar-refractivity contribution in [3.8, 4) is 0 Å². The highest BCUT2D eigenvalue weighted by Crippen LogP contribution is 2.29. The van der Waals surface area contributed by atoms with Crippen molar-refractivity contribution >= 4 is 16.0 Å². The maximum atomic E-state index is 12.5. The average Bonchev–Trinajstić information content (AvgIpc) is 2.94. The van der Waals surface area contributed by atoms with E-state index in [0.29, 0.717) is 24.9 Å². The van der Waals surface area contributed by atoms with Gasteiger partial charge in [-0.25, -0.2) is 13.2 Å². The third-order valence-electron chi connectivity index (χ3n) is 3.97. The first kappa shape index (κ1) is 15.1. The summed E-state index contributed by atoms with van der Waals surface area (Å²) in [7, 11) is -2.06. The summed E-state index contributed by atoms with van der Waals surface area (Å²) in [6.07, 6.45) is 2.22. The molecule has 6 nitrogen and oxygen atoms in total. The molecule has 7 heteroatoms. The number of hydrogen-bond donors (Lipinski definition) is 1. The number of aromatic carboxylic acids is 1. The molecule has 0 radical (unpaired) electrons. The quantitative estimate of drug-likeness (QED) is 0.911. The number of aryl methyl sites for hydroxylation is 1. The SMILES string of the molecule is CC(C)C1CCN(S(=O)(=O)c2cc(C(=O)O)n(C)c2)C1. The van der Waals surface area contributed by atoms with E-state index in [1.54, 1.807) is 0 Å². The molecule has 1 unspecified atom stereocenters. The van der Waals surface area contributed by atoms with Crippen molar-refractivity contribution in [1.29, 1.82) is 0 Å². The lowest BCUT2D eigenvalue weighted by Gasteiger charge is -2.17. The summed E-state index contributed by atoms with van der Waals surface area (Å²) < 4.78 is 27.8. The van der Waals surface area contributed by atoms with E-state index in [1.165, 1.54) is 28.2 Å². The van der Waals surface area contributed by atoms with Crippen molar-refractivity contribution in [2.45, 2.75) is 25.2 Å². The Hall–Kier alpha value is -1.34. The predicted molar refractivity (Wildman–Crippen MR) is 74.1 cm³/mol. The second-order valence-corrected chi connectivity index (χ2v) is 7.57. The van der Waals surface area contributed by atoms with Gasteiger partial charge in [-0.15, -0.1) is 0 Å². The first-order valence-electron chi connectivity index (χ1n) is 6.63. The minimum absolute atomic E-state index is 0.0248. The highest BCUT2D eigenvalue weighted by Gasteiger charge is 2.34. The summed E-state index contributed by atoms with van der Waals surface area (Å²) in [4.78, 5) is 11.1. The first-order chi connectivity index (χ1) is 9.23. The second kappa shape index (κ2) is 5.21. The van der Waals surface area contributed by atoms with E-state index in [2.05, 4.69) is 13.8 Å². The number of aromatic nitrogens is 1. The molecule has 1 aliphatic rings. The molecule has 1 atom stereocenters. The Morgan fingerprint density at radius 3 is 2.55 bits per heavy atom. The molecular weight excluding hydrogens is 280 g/mol. The lowest BCUT2D eigenvalue weighted by atomic mass is 9.96. The summed E-state index contributed by atoms with van der Waals surface area (Å²) in [5.41, 5.74) is -0.0248. The Labute approximate surface area is 119 Å². The van der Waals surface area contributed by atoms with E-state index in [1.807, 2.05) is 0 Å². The minimum Gasteiger partial charge on any atom is -0.477 e. The van der Waals surface area contributed by atoms with Crippen LogP contribution in [-0.4, -0.2) is 41.5 Å². The number of carboxylic acids is 1. The molecule has 0 amide bonds. The van der Waals surface area contributed by atoms with Gasteiger partial charge in [-0.3, -0.25) is 0 Å². The van der Waals surface area contributed by atoms with Gasteiger partial charge in [0, 0.05) is 26.3 Å². The number of carboxylic acid groups (broad SMARTS) is 1. The predicted octanol–water partition coefficient (Wildman–Crippen LogP) is 1.39.